The van der Waals surface area contributed by atoms with Gasteiger partial charge >= 0.3 is 0 Å². The minimum Gasteiger partial charge on any atom is -0.309 e. The van der Waals surface area contributed by atoms with E-state index in [2.05, 4.69) is 57.9 Å². The molecule has 0 saturated carbocycles. The highest BCUT2D eigenvalue weighted by molar-refractivity contribution is 6.09. The van der Waals surface area contributed by atoms with E-state index in [0.29, 0.717) is 5.69 Å². The Balaban J connectivity index is 2.12. The molecule has 1 heterocycles. The van der Waals surface area contributed by atoms with Gasteiger partial charge in [0.15, 0.2) is 5.69 Å². The van der Waals surface area contributed by atoms with E-state index >= 15 is 0 Å². The molecule has 2 heteroatoms. The fraction of sp³-hybridized carbons (Fsp3) is 0. The maximum absolute atomic E-state index is 7.07. The Morgan fingerprint density at radius 2 is 1.19 bits per heavy atom. The van der Waals surface area contributed by atoms with Crippen LogP contribution in [0.4, 0.5) is 5.69 Å². The lowest BCUT2D eigenvalue weighted by atomic mass is 10.2. The van der Waals surface area contributed by atoms with E-state index in [9.17, 15) is 0 Å². The first-order chi connectivity index (χ1) is 10.4. The smallest absolute Gasteiger partial charge is 0.187 e. The van der Waals surface area contributed by atoms with Crippen LogP contribution in [-0.2, 0) is 0 Å². The van der Waals surface area contributed by atoms with Gasteiger partial charge in [0, 0.05) is 16.5 Å². The molecule has 0 aliphatic carbocycles. The van der Waals surface area contributed by atoms with Crippen molar-refractivity contribution in [2.75, 3.05) is 0 Å². The molecule has 98 valence electrons. The number of benzene rings is 3. The van der Waals surface area contributed by atoms with Crippen molar-refractivity contribution in [2.24, 2.45) is 0 Å². The summed E-state index contributed by atoms with van der Waals surface area (Å²) in [5.74, 6) is 0. The molecule has 1 aromatic heterocycles. The summed E-state index contributed by atoms with van der Waals surface area (Å²) in [6.45, 7) is 7.07. The molecule has 0 fully saturated rings. The first-order valence-electron chi connectivity index (χ1n) is 6.84. The minimum atomic E-state index is 0.666. The summed E-state index contributed by atoms with van der Waals surface area (Å²) in [5.41, 5.74) is 4.13. The van der Waals surface area contributed by atoms with Crippen molar-refractivity contribution in [1.82, 2.24) is 4.57 Å². The lowest BCUT2D eigenvalue weighted by Crippen LogP contribution is -1.92. The molecule has 0 bridgehead atoms. The predicted octanol–water partition coefficient (Wildman–Crippen LogP) is 5.33. The van der Waals surface area contributed by atoms with Gasteiger partial charge in [-0.3, -0.25) is 0 Å². The van der Waals surface area contributed by atoms with Crippen LogP contribution in [0.3, 0.4) is 0 Å². The topological polar surface area (TPSA) is 9.29 Å². The second-order valence-corrected chi connectivity index (χ2v) is 5.00. The third kappa shape index (κ3) is 1.72. The summed E-state index contributed by atoms with van der Waals surface area (Å²) in [4.78, 5) is 3.46. The van der Waals surface area contributed by atoms with E-state index < -0.39 is 0 Å². The Morgan fingerprint density at radius 1 is 0.667 bits per heavy atom. The van der Waals surface area contributed by atoms with Crippen LogP contribution in [-0.4, -0.2) is 4.57 Å². The Kier molecular flexibility index (Phi) is 2.52. The standard InChI is InChI=1S/C19H12N2/c1-20-14-10-12-15(13-11-14)21-18-8-4-2-6-16(18)17-7-3-5-9-19(17)21/h2-13H. The Bertz CT molecular complexity index is 932. The minimum absolute atomic E-state index is 0.666. The van der Waals surface area contributed by atoms with E-state index in [1.165, 1.54) is 21.8 Å². The zero-order valence-electron chi connectivity index (χ0n) is 11.3. The van der Waals surface area contributed by atoms with Crippen molar-refractivity contribution in [3.8, 4) is 5.69 Å². The molecule has 4 rings (SSSR count). The Labute approximate surface area is 122 Å². The third-order valence-corrected chi connectivity index (χ3v) is 3.82. The molecular formula is C19H12N2. The lowest BCUT2D eigenvalue weighted by molar-refractivity contribution is 1.18. The molecule has 0 aliphatic rings. The fourth-order valence-corrected chi connectivity index (χ4v) is 2.88. The second kappa shape index (κ2) is 4.50. The maximum atomic E-state index is 7.07. The van der Waals surface area contributed by atoms with Crippen molar-refractivity contribution >= 4 is 27.5 Å². The molecule has 4 aromatic rings. The number of rotatable bonds is 1. The first kappa shape index (κ1) is 11.7. The van der Waals surface area contributed by atoms with Crippen LogP contribution in [0.1, 0.15) is 0 Å². The molecule has 0 aliphatic heterocycles. The number of aromatic nitrogens is 1. The van der Waals surface area contributed by atoms with Crippen LogP contribution in [0.25, 0.3) is 32.3 Å². The second-order valence-electron chi connectivity index (χ2n) is 5.00. The maximum Gasteiger partial charge on any atom is 0.187 e. The molecule has 0 unspecified atom stereocenters. The van der Waals surface area contributed by atoms with Gasteiger partial charge in [0.05, 0.1) is 17.6 Å². The molecule has 21 heavy (non-hydrogen) atoms. The number of hydrogen-bond acceptors (Lipinski definition) is 0. The Morgan fingerprint density at radius 3 is 1.71 bits per heavy atom. The quantitative estimate of drug-likeness (QED) is 0.412. The molecule has 0 atom stereocenters. The molecule has 0 spiro atoms. The summed E-state index contributed by atoms with van der Waals surface area (Å²) in [7, 11) is 0. The largest absolute Gasteiger partial charge is 0.309 e. The number of para-hydroxylation sites is 2. The molecule has 0 radical (unpaired) electrons. The average Bonchev–Trinajstić information content (AvgIpc) is 2.90. The van der Waals surface area contributed by atoms with Crippen molar-refractivity contribution in [3.63, 3.8) is 0 Å². The number of nitrogens with zero attached hydrogens (tertiary/aromatic N) is 2. The predicted molar refractivity (Wildman–Crippen MR) is 87.0 cm³/mol. The summed E-state index contributed by atoms with van der Waals surface area (Å²) < 4.78 is 2.25. The van der Waals surface area contributed by atoms with Crippen molar-refractivity contribution in [1.29, 1.82) is 0 Å². The number of hydrogen-bond donors (Lipinski definition) is 0. The van der Waals surface area contributed by atoms with Gasteiger partial charge in [0.2, 0.25) is 0 Å². The van der Waals surface area contributed by atoms with Gasteiger partial charge in [-0.25, -0.2) is 4.85 Å². The van der Waals surface area contributed by atoms with E-state index in [-0.39, 0.29) is 0 Å². The lowest BCUT2D eigenvalue weighted by Gasteiger charge is -2.07. The summed E-state index contributed by atoms with van der Waals surface area (Å²) in [6.07, 6.45) is 0. The zero-order chi connectivity index (χ0) is 14.2. The van der Waals surface area contributed by atoms with Gasteiger partial charge in [-0.1, -0.05) is 48.5 Å². The monoisotopic (exact) mass is 268 g/mol. The highest BCUT2D eigenvalue weighted by atomic mass is 15.0. The zero-order valence-corrected chi connectivity index (χ0v) is 11.3. The van der Waals surface area contributed by atoms with E-state index in [0.717, 1.165) is 5.69 Å². The summed E-state index contributed by atoms with van der Waals surface area (Å²) >= 11 is 0. The van der Waals surface area contributed by atoms with Crippen LogP contribution in [0, 0.1) is 6.57 Å². The highest BCUT2D eigenvalue weighted by Crippen LogP contribution is 2.32. The normalized spacial score (nSPS) is 10.8. The Hall–Kier alpha value is -3.05. The molecular weight excluding hydrogens is 256 g/mol. The van der Waals surface area contributed by atoms with E-state index in [1.807, 2.05) is 24.3 Å². The molecule has 0 saturated heterocycles. The molecule has 2 nitrogen and oxygen atoms in total. The van der Waals surface area contributed by atoms with Gasteiger partial charge in [0.1, 0.15) is 0 Å². The fourth-order valence-electron chi connectivity index (χ4n) is 2.88. The van der Waals surface area contributed by atoms with Gasteiger partial charge in [0.25, 0.3) is 0 Å². The molecule has 3 aromatic carbocycles. The van der Waals surface area contributed by atoms with Crippen LogP contribution >= 0.6 is 0 Å². The van der Waals surface area contributed by atoms with Crippen molar-refractivity contribution in [2.45, 2.75) is 0 Å². The van der Waals surface area contributed by atoms with Crippen LogP contribution < -0.4 is 0 Å². The summed E-state index contributed by atoms with van der Waals surface area (Å²) in [6, 6.07) is 24.6. The van der Waals surface area contributed by atoms with Crippen LogP contribution in [0.2, 0.25) is 0 Å². The van der Waals surface area contributed by atoms with Gasteiger partial charge in [-0.2, -0.15) is 0 Å². The van der Waals surface area contributed by atoms with Gasteiger partial charge < -0.3 is 4.57 Å². The average molecular weight is 268 g/mol. The molecule has 0 amide bonds. The van der Waals surface area contributed by atoms with Crippen LogP contribution in [0.5, 0.6) is 0 Å². The summed E-state index contributed by atoms with van der Waals surface area (Å²) in [5, 5.41) is 2.50. The van der Waals surface area contributed by atoms with Gasteiger partial charge in [-0.15, -0.1) is 0 Å². The van der Waals surface area contributed by atoms with Crippen LogP contribution in [0.15, 0.2) is 72.8 Å². The molecule has 0 N–H and O–H groups in total. The highest BCUT2D eigenvalue weighted by Gasteiger charge is 2.10. The SMILES string of the molecule is [C-]#[N+]c1ccc(-n2c3ccccc3c3ccccc32)cc1. The number of fused-ring (bicyclic) bond motifs is 3. The van der Waals surface area contributed by atoms with Crippen molar-refractivity contribution < 1.29 is 0 Å². The first-order valence-corrected chi connectivity index (χ1v) is 6.84. The third-order valence-electron chi connectivity index (χ3n) is 3.82. The van der Waals surface area contributed by atoms with Gasteiger partial charge in [-0.05, 0) is 24.3 Å². The van der Waals surface area contributed by atoms with Crippen molar-refractivity contribution in [3.05, 3.63) is 84.2 Å². The van der Waals surface area contributed by atoms with E-state index in [1.54, 1.807) is 0 Å². The van der Waals surface area contributed by atoms with E-state index in [4.69, 9.17) is 6.57 Å².